The van der Waals surface area contributed by atoms with E-state index in [0.717, 1.165) is 13.2 Å². The maximum absolute atomic E-state index is 5.49. The Morgan fingerprint density at radius 1 is 1.33 bits per heavy atom. The summed E-state index contributed by atoms with van der Waals surface area (Å²) in [7, 11) is 0. The molecule has 1 fully saturated rings. The highest BCUT2D eigenvalue weighted by Crippen LogP contribution is 2.36. The van der Waals surface area contributed by atoms with Gasteiger partial charge in [-0.25, -0.2) is 0 Å². The Hall–Kier alpha value is -0.510. The van der Waals surface area contributed by atoms with Crippen molar-refractivity contribution in [2.75, 3.05) is 19.0 Å². The molecule has 3 unspecified atom stereocenters. The molecule has 2 aliphatic heterocycles. The molecule has 0 aromatic heterocycles. The number of hydrogen-bond acceptors (Lipinski definition) is 3. The Kier molecular flexibility index (Phi) is 3.92. The highest BCUT2D eigenvalue weighted by Gasteiger charge is 2.27. The summed E-state index contributed by atoms with van der Waals surface area (Å²) in [6.45, 7) is 4.18. The molecule has 2 heterocycles. The molecule has 1 aromatic carbocycles. The van der Waals surface area contributed by atoms with Crippen molar-refractivity contribution in [3.63, 3.8) is 0 Å². The first-order valence-corrected chi connectivity index (χ1v) is 7.88. The highest BCUT2D eigenvalue weighted by molar-refractivity contribution is 7.99. The highest BCUT2D eigenvalue weighted by atomic mass is 32.2. The van der Waals surface area contributed by atoms with Gasteiger partial charge in [-0.05, 0) is 43.1 Å². The molecule has 18 heavy (non-hydrogen) atoms. The molecule has 0 amide bonds. The lowest BCUT2D eigenvalue weighted by atomic mass is 9.97. The van der Waals surface area contributed by atoms with E-state index in [1.807, 2.05) is 11.8 Å². The predicted octanol–water partition coefficient (Wildman–Crippen LogP) is 3.24. The van der Waals surface area contributed by atoms with E-state index in [0.29, 0.717) is 18.0 Å². The standard InChI is InChI=1S/C15H21NOS/c1-11(12-6-8-17-10-12)16-14-7-9-18-15-5-3-2-4-13(14)15/h2-5,11-12,14,16H,6-10H2,1H3. The zero-order valence-corrected chi connectivity index (χ0v) is 11.7. The van der Waals surface area contributed by atoms with Crippen LogP contribution in [0.25, 0.3) is 0 Å². The zero-order valence-electron chi connectivity index (χ0n) is 10.9. The second kappa shape index (κ2) is 5.64. The van der Waals surface area contributed by atoms with Gasteiger partial charge in [0.15, 0.2) is 0 Å². The van der Waals surface area contributed by atoms with E-state index in [2.05, 4.69) is 36.5 Å². The van der Waals surface area contributed by atoms with Crippen molar-refractivity contribution in [2.24, 2.45) is 5.92 Å². The lowest BCUT2D eigenvalue weighted by molar-refractivity contribution is 0.176. The van der Waals surface area contributed by atoms with E-state index in [4.69, 9.17) is 4.74 Å². The molecule has 2 aliphatic rings. The molecular formula is C15H21NOS. The fourth-order valence-electron chi connectivity index (χ4n) is 2.92. The Labute approximate surface area is 113 Å². The lowest BCUT2D eigenvalue weighted by Crippen LogP contribution is -2.37. The van der Waals surface area contributed by atoms with Gasteiger partial charge in [-0.3, -0.25) is 0 Å². The van der Waals surface area contributed by atoms with Gasteiger partial charge in [0.2, 0.25) is 0 Å². The van der Waals surface area contributed by atoms with Gasteiger partial charge in [0.05, 0.1) is 6.61 Å². The second-order valence-electron chi connectivity index (χ2n) is 5.31. The normalized spacial score (nSPS) is 28.9. The topological polar surface area (TPSA) is 21.3 Å². The molecule has 3 atom stereocenters. The fourth-order valence-corrected chi connectivity index (χ4v) is 4.04. The Morgan fingerprint density at radius 3 is 3.06 bits per heavy atom. The van der Waals surface area contributed by atoms with Crippen LogP contribution in [0.1, 0.15) is 31.4 Å². The van der Waals surface area contributed by atoms with Crippen molar-refractivity contribution in [3.8, 4) is 0 Å². The third-order valence-corrected chi connectivity index (χ3v) is 5.22. The van der Waals surface area contributed by atoms with Crippen LogP contribution < -0.4 is 5.32 Å². The van der Waals surface area contributed by atoms with Crippen LogP contribution in [-0.4, -0.2) is 25.0 Å². The minimum Gasteiger partial charge on any atom is -0.381 e. The summed E-state index contributed by atoms with van der Waals surface area (Å²) in [5.74, 6) is 1.91. The van der Waals surface area contributed by atoms with Crippen LogP contribution in [0.5, 0.6) is 0 Å². The van der Waals surface area contributed by atoms with Gasteiger partial charge in [-0.1, -0.05) is 18.2 Å². The first-order chi connectivity index (χ1) is 8.84. The summed E-state index contributed by atoms with van der Waals surface area (Å²) < 4.78 is 5.49. The zero-order chi connectivity index (χ0) is 12.4. The first kappa shape index (κ1) is 12.5. The number of nitrogens with one attached hydrogen (secondary N) is 1. The molecule has 2 nitrogen and oxygen atoms in total. The van der Waals surface area contributed by atoms with Gasteiger partial charge in [0.1, 0.15) is 0 Å². The number of rotatable bonds is 3. The van der Waals surface area contributed by atoms with Crippen molar-refractivity contribution in [1.82, 2.24) is 5.32 Å². The predicted molar refractivity (Wildman–Crippen MR) is 76.0 cm³/mol. The average molecular weight is 263 g/mol. The molecule has 1 saturated heterocycles. The molecule has 1 aromatic rings. The van der Waals surface area contributed by atoms with Crippen LogP contribution in [0.2, 0.25) is 0 Å². The van der Waals surface area contributed by atoms with Gasteiger partial charge in [0, 0.05) is 23.6 Å². The van der Waals surface area contributed by atoms with Crippen LogP contribution in [0, 0.1) is 5.92 Å². The minimum atomic E-state index is 0.526. The summed E-state index contributed by atoms with van der Waals surface area (Å²) in [6, 6.07) is 9.89. The molecule has 0 spiro atoms. The Bertz CT molecular complexity index is 403. The number of fused-ring (bicyclic) bond motifs is 1. The van der Waals surface area contributed by atoms with E-state index < -0.39 is 0 Å². The van der Waals surface area contributed by atoms with Gasteiger partial charge in [0.25, 0.3) is 0 Å². The Morgan fingerprint density at radius 2 is 2.22 bits per heavy atom. The van der Waals surface area contributed by atoms with Crippen LogP contribution in [0.15, 0.2) is 29.2 Å². The maximum Gasteiger partial charge on any atom is 0.0509 e. The van der Waals surface area contributed by atoms with Crippen molar-refractivity contribution in [1.29, 1.82) is 0 Å². The molecule has 0 bridgehead atoms. The summed E-state index contributed by atoms with van der Waals surface area (Å²) in [6.07, 6.45) is 2.44. The van der Waals surface area contributed by atoms with Gasteiger partial charge < -0.3 is 10.1 Å². The van der Waals surface area contributed by atoms with E-state index >= 15 is 0 Å². The number of thioether (sulfide) groups is 1. The summed E-state index contributed by atoms with van der Waals surface area (Å²) in [4.78, 5) is 1.45. The van der Waals surface area contributed by atoms with Crippen LogP contribution in [0.4, 0.5) is 0 Å². The van der Waals surface area contributed by atoms with E-state index in [1.54, 1.807) is 0 Å². The molecule has 0 radical (unpaired) electrons. The van der Waals surface area contributed by atoms with E-state index in [9.17, 15) is 0 Å². The second-order valence-corrected chi connectivity index (χ2v) is 6.44. The molecule has 0 aliphatic carbocycles. The summed E-state index contributed by atoms with van der Waals surface area (Å²) in [5.41, 5.74) is 1.49. The number of ether oxygens (including phenoxy) is 1. The van der Waals surface area contributed by atoms with Crippen molar-refractivity contribution in [3.05, 3.63) is 29.8 Å². The third kappa shape index (κ3) is 2.58. The van der Waals surface area contributed by atoms with Crippen LogP contribution >= 0.6 is 11.8 Å². The average Bonchev–Trinajstić information content (AvgIpc) is 2.93. The van der Waals surface area contributed by atoms with Gasteiger partial charge in [-0.2, -0.15) is 0 Å². The van der Waals surface area contributed by atoms with Crippen molar-refractivity contribution in [2.45, 2.75) is 36.7 Å². The Balaban J connectivity index is 1.70. The molecule has 1 N–H and O–H groups in total. The van der Waals surface area contributed by atoms with E-state index in [-0.39, 0.29) is 0 Å². The summed E-state index contributed by atoms with van der Waals surface area (Å²) in [5, 5.41) is 3.82. The maximum atomic E-state index is 5.49. The SMILES string of the molecule is CC(NC1CCSc2ccccc21)C1CCOC1. The first-order valence-electron chi connectivity index (χ1n) is 6.90. The summed E-state index contributed by atoms with van der Waals surface area (Å²) >= 11 is 1.99. The molecule has 3 heteroatoms. The lowest BCUT2D eigenvalue weighted by Gasteiger charge is -2.30. The van der Waals surface area contributed by atoms with Gasteiger partial charge in [-0.15, -0.1) is 11.8 Å². The smallest absolute Gasteiger partial charge is 0.0509 e. The monoisotopic (exact) mass is 263 g/mol. The minimum absolute atomic E-state index is 0.526. The largest absolute Gasteiger partial charge is 0.381 e. The molecule has 0 saturated carbocycles. The third-order valence-electron chi connectivity index (χ3n) is 4.09. The van der Waals surface area contributed by atoms with Crippen LogP contribution in [0.3, 0.4) is 0 Å². The van der Waals surface area contributed by atoms with Crippen LogP contribution in [-0.2, 0) is 4.74 Å². The molecule has 98 valence electrons. The van der Waals surface area contributed by atoms with Crippen molar-refractivity contribution >= 4 is 11.8 Å². The van der Waals surface area contributed by atoms with Crippen molar-refractivity contribution < 1.29 is 4.74 Å². The fraction of sp³-hybridized carbons (Fsp3) is 0.600. The molecular weight excluding hydrogens is 242 g/mol. The van der Waals surface area contributed by atoms with Gasteiger partial charge >= 0.3 is 0 Å². The molecule has 3 rings (SSSR count). The number of hydrogen-bond donors (Lipinski definition) is 1. The quantitative estimate of drug-likeness (QED) is 0.904. The number of benzene rings is 1. The van der Waals surface area contributed by atoms with E-state index in [1.165, 1.54) is 29.1 Å².